The molecule has 2 rings (SSSR count). The van der Waals surface area contributed by atoms with Gasteiger partial charge in [-0.3, -0.25) is 4.68 Å². The summed E-state index contributed by atoms with van der Waals surface area (Å²) in [7, 11) is 2.01. The van der Waals surface area contributed by atoms with Gasteiger partial charge in [0.25, 0.3) is 0 Å². The van der Waals surface area contributed by atoms with Crippen LogP contribution in [0, 0.1) is 0 Å². The average molecular weight is 339 g/mol. The van der Waals surface area contributed by atoms with Crippen molar-refractivity contribution in [3.8, 4) is 0 Å². The molecule has 20 heavy (non-hydrogen) atoms. The highest BCUT2D eigenvalue weighted by Gasteiger charge is 2.15. The van der Waals surface area contributed by atoms with Crippen LogP contribution in [0.15, 0.2) is 22.8 Å². The third-order valence-corrected chi connectivity index (χ3v) is 4.56. The van der Waals surface area contributed by atoms with E-state index in [1.807, 2.05) is 11.7 Å². The van der Waals surface area contributed by atoms with E-state index in [-0.39, 0.29) is 0 Å². The Morgan fingerprint density at radius 2 is 2.15 bits per heavy atom. The molecule has 0 aliphatic carbocycles. The van der Waals surface area contributed by atoms with Gasteiger partial charge in [0.1, 0.15) is 0 Å². The molecular weight excluding hydrogens is 316 g/mol. The quantitative estimate of drug-likeness (QED) is 0.877. The van der Waals surface area contributed by atoms with Crippen molar-refractivity contribution in [3.05, 3.63) is 39.9 Å². The van der Waals surface area contributed by atoms with Crippen molar-refractivity contribution < 1.29 is 0 Å². The van der Waals surface area contributed by atoms with Crippen molar-refractivity contribution in [3.63, 3.8) is 0 Å². The number of aromatic nitrogens is 3. The van der Waals surface area contributed by atoms with Crippen LogP contribution in [-0.4, -0.2) is 20.9 Å². The van der Waals surface area contributed by atoms with E-state index in [4.69, 9.17) is 0 Å². The number of nitrogens with one attached hydrogen (secondary N) is 1. The molecule has 110 valence electrons. The first-order valence-electron chi connectivity index (χ1n) is 7.17. The molecule has 2 aromatic heterocycles. The second kappa shape index (κ2) is 6.59. The summed E-state index contributed by atoms with van der Waals surface area (Å²) in [5.74, 6) is 0. The number of hydrogen-bond acceptors (Lipinski definition) is 2. The third-order valence-electron chi connectivity index (χ3n) is 3.64. The zero-order valence-electron chi connectivity index (χ0n) is 12.7. The summed E-state index contributed by atoms with van der Waals surface area (Å²) in [6.45, 7) is 8.27. The molecule has 0 aliphatic heterocycles. The molecule has 2 heterocycles. The molecule has 0 radical (unpaired) electrons. The van der Waals surface area contributed by atoms with Crippen molar-refractivity contribution in [2.24, 2.45) is 7.05 Å². The summed E-state index contributed by atoms with van der Waals surface area (Å²) >= 11 is 3.69. The van der Waals surface area contributed by atoms with Crippen LogP contribution < -0.4 is 5.32 Å². The van der Waals surface area contributed by atoms with Gasteiger partial charge < -0.3 is 9.88 Å². The largest absolute Gasteiger partial charge is 0.344 e. The first-order chi connectivity index (χ1) is 9.58. The van der Waals surface area contributed by atoms with Gasteiger partial charge in [0.05, 0.1) is 22.4 Å². The van der Waals surface area contributed by atoms with Gasteiger partial charge in [-0.2, -0.15) is 5.10 Å². The SMILES string of the molecule is CCNC(C)c1cccn1Cc1c(Br)c(CC)nn1C. The molecule has 0 spiro atoms. The molecule has 0 saturated carbocycles. The van der Waals surface area contributed by atoms with E-state index in [0.717, 1.165) is 29.7 Å². The molecule has 0 aliphatic rings. The maximum absolute atomic E-state index is 4.56. The van der Waals surface area contributed by atoms with Crippen molar-refractivity contribution in [1.82, 2.24) is 19.7 Å². The summed E-state index contributed by atoms with van der Waals surface area (Å²) in [4.78, 5) is 0. The Balaban J connectivity index is 2.27. The van der Waals surface area contributed by atoms with Gasteiger partial charge in [0.15, 0.2) is 0 Å². The van der Waals surface area contributed by atoms with Gasteiger partial charge >= 0.3 is 0 Å². The zero-order chi connectivity index (χ0) is 14.7. The molecule has 0 saturated heterocycles. The van der Waals surface area contributed by atoms with Gasteiger partial charge in [-0.1, -0.05) is 13.8 Å². The average Bonchev–Trinajstić information content (AvgIpc) is 2.98. The number of aryl methyl sites for hydroxylation is 2. The van der Waals surface area contributed by atoms with Crippen LogP contribution in [0.1, 0.15) is 43.9 Å². The summed E-state index contributed by atoms with van der Waals surface area (Å²) in [6.07, 6.45) is 3.08. The number of halogens is 1. The van der Waals surface area contributed by atoms with Crippen molar-refractivity contribution >= 4 is 15.9 Å². The summed E-state index contributed by atoms with van der Waals surface area (Å²) in [5, 5.41) is 8.03. The zero-order valence-corrected chi connectivity index (χ0v) is 14.2. The number of rotatable bonds is 6. The second-order valence-electron chi connectivity index (χ2n) is 5.02. The molecule has 0 fully saturated rings. The highest BCUT2D eigenvalue weighted by molar-refractivity contribution is 9.10. The minimum atomic E-state index is 0.354. The van der Waals surface area contributed by atoms with Crippen molar-refractivity contribution in [2.75, 3.05) is 6.54 Å². The molecule has 2 aromatic rings. The lowest BCUT2D eigenvalue weighted by Gasteiger charge is -2.16. The predicted molar refractivity (Wildman–Crippen MR) is 85.9 cm³/mol. The summed E-state index contributed by atoms with van der Waals surface area (Å²) in [6, 6.07) is 4.64. The van der Waals surface area contributed by atoms with E-state index in [1.165, 1.54) is 11.4 Å². The van der Waals surface area contributed by atoms with Gasteiger partial charge in [-0.25, -0.2) is 0 Å². The highest BCUT2D eigenvalue weighted by atomic mass is 79.9. The summed E-state index contributed by atoms with van der Waals surface area (Å²) < 4.78 is 5.40. The molecule has 5 heteroatoms. The van der Waals surface area contributed by atoms with Crippen molar-refractivity contribution in [2.45, 2.75) is 39.8 Å². The molecule has 4 nitrogen and oxygen atoms in total. The maximum atomic E-state index is 4.56. The molecule has 0 bridgehead atoms. The fourth-order valence-electron chi connectivity index (χ4n) is 2.53. The molecule has 1 unspecified atom stereocenters. The Morgan fingerprint density at radius 3 is 2.75 bits per heavy atom. The second-order valence-corrected chi connectivity index (χ2v) is 5.82. The molecular formula is C15H23BrN4. The third kappa shape index (κ3) is 2.99. The van der Waals surface area contributed by atoms with Gasteiger partial charge in [-0.05, 0) is 48.0 Å². The van der Waals surface area contributed by atoms with Gasteiger partial charge in [-0.15, -0.1) is 0 Å². The van der Waals surface area contributed by atoms with E-state index in [9.17, 15) is 0 Å². The fraction of sp³-hybridized carbons (Fsp3) is 0.533. The minimum absolute atomic E-state index is 0.354. The van der Waals surface area contributed by atoms with Gasteiger partial charge in [0, 0.05) is 25.0 Å². The lowest BCUT2D eigenvalue weighted by molar-refractivity contribution is 0.545. The van der Waals surface area contributed by atoms with E-state index >= 15 is 0 Å². The number of hydrogen-bond donors (Lipinski definition) is 1. The molecule has 1 N–H and O–H groups in total. The topological polar surface area (TPSA) is 34.8 Å². The minimum Gasteiger partial charge on any atom is -0.344 e. The van der Waals surface area contributed by atoms with Crippen LogP contribution in [-0.2, 0) is 20.0 Å². The van der Waals surface area contributed by atoms with Crippen LogP contribution in [0.4, 0.5) is 0 Å². The Labute approximate surface area is 129 Å². The smallest absolute Gasteiger partial charge is 0.0767 e. The Kier molecular flexibility index (Phi) is 5.05. The van der Waals surface area contributed by atoms with Crippen LogP contribution >= 0.6 is 15.9 Å². The van der Waals surface area contributed by atoms with Crippen LogP contribution in [0.25, 0.3) is 0 Å². The lowest BCUT2D eigenvalue weighted by Crippen LogP contribution is -2.21. The van der Waals surface area contributed by atoms with Gasteiger partial charge in [0.2, 0.25) is 0 Å². The number of nitrogens with zero attached hydrogens (tertiary/aromatic N) is 3. The van der Waals surface area contributed by atoms with E-state index in [0.29, 0.717) is 6.04 Å². The Bertz CT molecular complexity index is 570. The normalized spacial score (nSPS) is 12.8. The van der Waals surface area contributed by atoms with Crippen LogP contribution in [0.5, 0.6) is 0 Å². The van der Waals surface area contributed by atoms with E-state index in [1.54, 1.807) is 0 Å². The first-order valence-corrected chi connectivity index (χ1v) is 7.96. The molecule has 1 atom stereocenters. The highest BCUT2D eigenvalue weighted by Crippen LogP contribution is 2.24. The van der Waals surface area contributed by atoms with Crippen LogP contribution in [0.3, 0.4) is 0 Å². The fourth-order valence-corrected chi connectivity index (χ4v) is 3.27. The maximum Gasteiger partial charge on any atom is 0.0767 e. The molecule has 0 aromatic carbocycles. The predicted octanol–water partition coefficient (Wildman–Crippen LogP) is 3.27. The molecule has 0 amide bonds. The van der Waals surface area contributed by atoms with Crippen LogP contribution in [0.2, 0.25) is 0 Å². The first kappa shape index (κ1) is 15.3. The van der Waals surface area contributed by atoms with E-state index in [2.05, 4.69) is 70.0 Å². The summed E-state index contributed by atoms with van der Waals surface area (Å²) in [5.41, 5.74) is 3.64. The lowest BCUT2D eigenvalue weighted by atomic mass is 10.2. The Hall–Kier alpha value is -1.07. The van der Waals surface area contributed by atoms with Crippen molar-refractivity contribution in [1.29, 1.82) is 0 Å². The standard InChI is InChI=1S/C15H23BrN4/c1-5-12-15(16)14(19(4)18-12)10-20-9-7-8-13(20)11(3)17-6-2/h7-9,11,17H,5-6,10H2,1-4H3. The Morgan fingerprint density at radius 1 is 1.40 bits per heavy atom. The monoisotopic (exact) mass is 338 g/mol. The van der Waals surface area contributed by atoms with E-state index < -0.39 is 0 Å².